The first-order chi connectivity index (χ1) is 11.8. The van der Waals surface area contributed by atoms with E-state index in [1.807, 2.05) is 0 Å². The molecule has 0 fully saturated rings. The lowest BCUT2D eigenvalue weighted by atomic mass is 9.96. The van der Waals surface area contributed by atoms with Crippen LogP contribution in [0.25, 0.3) is 22.4 Å². The normalized spacial score (nSPS) is 11.6. The largest absolute Gasteiger partial charge is 0.508 e. The zero-order valence-corrected chi connectivity index (χ0v) is 13.7. The van der Waals surface area contributed by atoms with Gasteiger partial charge >= 0.3 is 0 Å². The molecule has 0 amide bonds. The van der Waals surface area contributed by atoms with Gasteiger partial charge in [-0.25, -0.2) is 4.39 Å². The number of nitrogens with zero attached hydrogens (tertiary/aromatic N) is 3. The summed E-state index contributed by atoms with van der Waals surface area (Å²) in [5.74, 6) is -0.625. The maximum absolute atomic E-state index is 14.4. The zero-order valence-electron chi connectivity index (χ0n) is 13.7. The average molecular weight is 347 g/mol. The lowest BCUT2D eigenvalue weighted by molar-refractivity contribution is 0.321. The standard InChI is InChI=1S/C17H15F2N3O3/c1-8-14(9(2)25-17(8)19)15-13(7-20-24)22(3)21-16(15)11-5-4-10(23)6-12(11)18/h4-7,23-24H,1-3H3/b20-7+. The Bertz CT molecular complexity index is 990. The molecule has 0 aliphatic carbocycles. The monoisotopic (exact) mass is 347 g/mol. The molecular formula is C17H15F2N3O3. The number of aromatic nitrogens is 2. The first kappa shape index (κ1) is 16.7. The molecule has 0 radical (unpaired) electrons. The van der Waals surface area contributed by atoms with Gasteiger partial charge < -0.3 is 14.7 Å². The molecule has 8 heteroatoms. The fourth-order valence-corrected chi connectivity index (χ4v) is 2.86. The summed E-state index contributed by atoms with van der Waals surface area (Å²) in [5, 5.41) is 25.7. The molecule has 3 rings (SSSR count). The van der Waals surface area contributed by atoms with Crippen molar-refractivity contribution in [1.29, 1.82) is 0 Å². The van der Waals surface area contributed by atoms with Crippen molar-refractivity contribution in [1.82, 2.24) is 9.78 Å². The third kappa shape index (κ3) is 2.65. The lowest BCUT2D eigenvalue weighted by Crippen LogP contribution is -1.98. The second kappa shape index (κ2) is 6.04. The van der Waals surface area contributed by atoms with E-state index in [4.69, 9.17) is 9.62 Å². The number of halogens is 2. The van der Waals surface area contributed by atoms with E-state index in [1.54, 1.807) is 14.0 Å². The summed E-state index contributed by atoms with van der Waals surface area (Å²) in [7, 11) is 1.59. The fraction of sp³-hybridized carbons (Fsp3) is 0.176. The van der Waals surface area contributed by atoms with Crippen LogP contribution in [-0.4, -0.2) is 26.3 Å². The summed E-state index contributed by atoms with van der Waals surface area (Å²) in [5.41, 5.74) is 1.68. The van der Waals surface area contributed by atoms with Crippen LogP contribution >= 0.6 is 0 Å². The molecule has 0 saturated carbocycles. The molecule has 2 aromatic heterocycles. The number of aryl methyl sites for hydroxylation is 2. The first-order valence-corrected chi connectivity index (χ1v) is 7.34. The van der Waals surface area contributed by atoms with E-state index in [0.717, 1.165) is 12.3 Å². The van der Waals surface area contributed by atoms with Crippen LogP contribution in [0.1, 0.15) is 17.0 Å². The summed E-state index contributed by atoms with van der Waals surface area (Å²) >= 11 is 0. The minimum atomic E-state index is -0.750. The van der Waals surface area contributed by atoms with Crippen LogP contribution in [-0.2, 0) is 7.05 Å². The number of phenolic OH excluding ortho intramolecular Hbond substituents is 1. The second-order valence-corrected chi connectivity index (χ2v) is 5.57. The van der Waals surface area contributed by atoms with Gasteiger partial charge in [0.05, 0.1) is 11.9 Å². The Morgan fingerprint density at radius 2 is 1.96 bits per heavy atom. The van der Waals surface area contributed by atoms with Crippen molar-refractivity contribution < 1.29 is 23.5 Å². The summed E-state index contributed by atoms with van der Waals surface area (Å²) in [6, 6.07) is 2.91. The number of aromatic hydroxyl groups is 1. The Hall–Kier alpha value is -3.16. The number of phenols is 1. The molecule has 0 aliphatic rings. The molecule has 25 heavy (non-hydrogen) atoms. The predicted octanol–water partition coefficient (Wildman–Crippen LogP) is 3.76. The minimum Gasteiger partial charge on any atom is -0.508 e. The molecule has 3 aromatic rings. The number of oxime groups is 1. The topological polar surface area (TPSA) is 83.8 Å². The molecule has 130 valence electrons. The molecule has 0 aliphatic heterocycles. The summed E-state index contributed by atoms with van der Waals surface area (Å²) in [4.78, 5) is 0. The fourth-order valence-electron chi connectivity index (χ4n) is 2.86. The van der Waals surface area contributed by atoms with E-state index >= 15 is 0 Å². The van der Waals surface area contributed by atoms with Crippen molar-refractivity contribution in [3.63, 3.8) is 0 Å². The summed E-state index contributed by atoms with van der Waals surface area (Å²) in [6.07, 6.45) is 1.13. The molecule has 0 atom stereocenters. The van der Waals surface area contributed by atoms with Crippen molar-refractivity contribution in [2.45, 2.75) is 13.8 Å². The van der Waals surface area contributed by atoms with Crippen LogP contribution in [0.5, 0.6) is 5.75 Å². The SMILES string of the molecule is Cc1oc(F)c(C)c1-c1c(-c2ccc(O)cc2F)nn(C)c1/C=N/O. The highest BCUT2D eigenvalue weighted by Crippen LogP contribution is 2.40. The first-order valence-electron chi connectivity index (χ1n) is 7.34. The maximum atomic E-state index is 14.4. The second-order valence-electron chi connectivity index (χ2n) is 5.57. The summed E-state index contributed by atoms with van der Waals surface area (Å²) < 4.78 is 34.7. The number of hydrogen-bond donors (Lipinski definition) is 2. The number of rotatable bonds is 3. The van der Waals surface area contributed by atoms with Crippen molar-refractivity contribution in [3.05, 3.63) is 47.0 Å². The van der Waals surface area contributed by atoms with Gasteiger partial charge in [-0.1, -0.05) is 5.16 Å². The number of hydrogen-bond acceptors (Lipinski definition) is 5. The molecule has 0 saturated heterocycles. The Balaban J connectivity index is 2.40. The van der Waals surface area contributed by atoms with Crippen molar-refractivity contribution >= 4 is 6.21 Å². The van der Waals surface area contributed by atoms with Crippen LogP contribution in [0.15, 0.2) is 27.8 Å². The van der Waals surface area contributed by atoms with Gasteiger partial charge in [-0.3, -0.25) is 4.68 Å². The van der Waals surface area contributed by atoms with Gasteiger partial charge in [-0.2, -0.15) is 9.49 Å². The quantitative estimate of drug-likeness (QED) is 0.429. The van der Waals surface area contributed by atoms with Gasteiger partial charge in [0.15, 0.2) is 0 Å². The molecule has 0 spiro atoms. The highest BCUT2D eigenvalue weighted by Gasteiger charge is 2.26. The van der Waals surface area contributed by atoms with Gasteiger partial charge in [-0.05, 0) is 26.0 Å². The average Bonchev–Trinajstić information content (AvgIpc) is 2.97. The van der Waals surface area contributed by atoms with E-state index in [1.165, 1.54) is 23.7 Å². The van der Waals surface area contributed by atoms with Gasteiger partial charge in [0.1, 0.15) is 23.0 Å². The van der Waals surface area contributed by atoms with Gasteiger partial charge in [0, 0.05) is 35.4 Å². The van der Waals surface area contributed by atoms with E-state index < -0.39 is 11.8 Å². The van der Waals surface area contributed by atoms with E-state index in [9.17, 15) is 13.9 Å². The minimum absolute atomic E-state index is 0.112. The van der Waals surface area contributed by atoms with Crippen molar-refractivity contribution in [2.24, 2.45) is 12.2 Å². The Morgan fingerprint density at radius 1 is 1.24 bits per heavy atom. The molecule has 0 unspecified atom stereocenters. The highest BCUT2D eigenvalue weighted by molar-refractivity contribution is 5.96. The van der Waals surface area contributed by atoms with Gasteiger partial charge in [0.2, 0.25) is 0 Å². The third-order valence-electron chi connectivity index (χ3n) is 3.99. The van der Waals surface area contributed by atoms with Crippen molar-refractivity contribution in [3.8, 4) is 28.1 Å². The summed E-state index contributed by atoms with van der Waals surface area (Å²) in [6.45, 7) is 3.11. The van der Waals surface area contributed by atoms with E-state index in [-0.39, 0.29) is 28.3 Å². The Morgan fingerprint density at radius 3 is 2.52 bits per heavy atom. The van der Waals surface area contributed by atoms with Crippen LogP contribution in [0.2, 0.25) is 0 Å². The Labute approximate surface area is 141 Å². The van der Waals surface area contributed by atoms with Crippen LogP contribution in [0.3, 0.4) is 0 Å². The smallest absolute Gasteiger partial charge is 0.281 e. The van der Waals surface area contributed by atoms with Crippen LogP contribution in [0, 0.1) is 25.7 Å². The van der Waals surface area contributed by atoms with Gasteiger partial charge in [-0.15, -0.1) is 0 Å². The Kier molecular flexibility index (Phi) is 4.03. The number of furan rings is 1. The molecule has 1 aromatic carbocycles. The number of benzene rings is 1. The predicted molar refractivity (Wildman–Crippen MR) is 86.8 cm³/mol. The molecule has 2 heterocycles. The molecule has 0 bridgehead atoms. The molecular weight excluding hydrogens is 332 g/mol. The van der Waals surface area contributed by atoms with Gasteiger partial charge in [0.25, 0.3) is 6.01 Å². The maximum Gasteiger partial charge on any atom is 0.281 e. The zero-order chi connectivity index (χ0) is 18.3. The van der Waals surface area contributed by atoms with Crippen LogP contribution in [0.4, 0.5) is 8.78 Å². The van der Waals surface area contributed by atoms with E-state index in [0.29, 0.717) is 16.8 Å². The molecule has 2 N–H and O–H groups in total. The third-order valence-corrected chi connectivity index (χ3v) is 3.99. The van der Waals surface area contributed by atoms with E-state index in [2.05, 4.69) is 10.3 Å². The lowest BCUT2D eigenvalue weighted by Gasteiger charge is -2.06. The molecule has 6 nitrogen and oxygen atoms in total. The van der Waals surface area contributed by atoms with Crippen molar-refractivity contribution in [2.75, 3.05) is 0 Å². The highest BCUT2D eigenvalue weighted by atomic mass is 19.1. The van der Waals surface area contributed by atoms with Crippen LogP contribution < -0.4 is 0 Å².